The fraction of sp³-hybridized carbons (Fsp3) is 0.562. The van der Waals surface area contributed by atoms with Crippen LogP contribution in [0.5, 0.6) is 0 Å². The van der Waals surface area contributed by atoms with Crippen molar-refractivity contribution in [3.8, 4) is 0 Å². The number of benzene rings is 1. The zero-order chi connectivity index (χ0) is 14.0. The number of rotatable bonds is 2. The molecule has 1 atom stereocenters. The number of ether oxygens (including phenoxy) is 1. The normalized spacial score (nSPS) is 24.2. The van der Waals surface area contributed by atoms with E-state index in [0.29, 0.717) is 26.0 Å². The van der Waals surface area contributed by atoms with Crippen molar-refractivity contribution in [2.75, 3.05) is 6.54 Å². The lowest BCUT2D eigenvalue weighted by Crippen LogP contribution is -2.61. The lowest BCUT2D eigenvalue weighted by atomic mass is 9.69. The van der Waals surface area contributed by atoms with Crippen molar-refractivity contribution in [1.82, 2.24) is 4.90 Å². The Balaban J connectivity index is 1.61. The van der Waals surface area contributed by atoms with Crippen LogP contribution in [0.1, 0.15) is 37.7 Å². The molecule has 2 fully saturated rings. The standard InChI is InChI=1S/C16H21NO3/c18-14-7-10-17(16(11-14)8-4-9-16)15(19)20-12-13-5-2-1-3-6-13/h1-3,5-6,14,18H,4,7-12H2. The topological polar surface area (TPSA) is 49.8 Å². The van der Waals surface area contributed by atoms with Gasteiger partial charge in [0.15, 0.2) is 0 Å². The molecule has 0 aromatic heterocycles. The highest BCUT2D eigenvalue weighted by molar-refractivity contribution is 5.69. The van der Waals surface area contributed by atoms with Gasteiger partial charge in [-0.3, -0.25) is 0 Å². The predicted molar refractivity (Wildman–Crippen MR) is 75.2 cm³/mol. The average molecular weight is 275 g/mol. The van der Waals surface area contributed by atoms with Gasteiger partial charge < -0.3 is 14.7 Å². The fourth-order valence-electron chi connectivity index (χ4n) is 3.31. The van der Waals surface area contributed by atoms with Crippen molar-refractivity contribution in [3.05, 3.63) is 35.9 Å². The van der Waals surface area contributed by atoms with Gasteiger partial charge in [0, 0.05) is 12.1 Å². The second kappa shape index (κ2) is 5.44. The first-order chi connectivity index (χ1) is 9.70. The lowest BCUT2D eigenvalue weighted by Gasteiger charge is -2.53. The zero-order valence-corrected chi connectivity index (χ0v) is 11.6. The molecular formula is C16H21NO3. The summed E-state index contributed by atoms with van der Waals surface area (Å²) in [6.07, 6.45) is 3.97. The molecule has 3 rings (SSSR count). The van der Waals surface area contributed by atoms with E-state index < -0.39 is 0 Å². The molecule has 1 N–H and O–H groups in total. The van der Waals surface area contributed by atoms with Crippen LogP contribution in [0, 0.1) is 0 Å². The fourth-order valence-corrected chi connectivity index (χ4v) is 3.31. The number of nitrogens with zero attached hydrogens (tertiary/aromatic N) is 1. The van der Waals surface area contributed by atoms with E-state index in [9.17, 15) is 9.90 Å². The monoisotopic (exact) mass is 275 g/mol. The maximum absolute atomic E-state index is 12.3. The van der Waals surface area contributed by atoms with Crippen molar-refractivity contribution in [2.24, 2.45) is 0 Å². The van der Waals surface area contributed by atoms with Crippen LogP contribution < -0.4 is 0 Å². The summed E-state index contributed by atoms with van der Waals surface area (Å²) in [5.41, 5.74) is 0.867. The second-order valence-electron chi connectivity index (χ2n) is 5.92. The summed E-state index contributed by atoms with van der Waals surface area (Å²) in [6, 6.07) is 9.72. The Bertz CT molecular complexity index is 470. The van der Waals surface area contributed by atoms with Gasteiger partial charge in [-0.2, -0.15) is 0 Å². The molecule has 2 aliphatic rings. The first kappa shape index (κ1) is 13.4. The molecule has 108 valence electrons. The Labute approximate surface area is 119 Å². The molecule has 1 spiro atoms. The quantitative estimate of drug-likeness (QED) is 0.902. The zero-order valence-electron chi connectivity index (χ0n) is 11.6. The van der Waals surface area contributed by atoms with Gasteiger partial charge in [-0.15, -0.1) is 0 Å². The van der Waals surface area contributed by atoms with Crippen LogP contribution in [-0.2, 0) is 11.3 Å². The number of aliphatic hydroxyl groups is 1. The molecule has 1 aliphatic heterocycles. The van der Waals surface area contributed by atoms with Gasteiger partial charge in [-0.25, -0.2) is 4.79 Å². The van der Waals surface area contributed by atoms with E-state index in [0.717, 1.165) is 24.8 Å². The molecule has 1 aliphatic carbocycles. The first-order valence-corrected chi connectivity index (χ1v) is 7.36. The third-order valence-corrected chi connectivity index (χ3v) is 4.58. The molecule has 1 saturated heterocycles. The SMILES string of the molecule is O=C(OCc1ccccc1)N1CCC(O)CC12CCC2. The number of hydrogen-bond donors (Lipinski definition) is 1. The minimum Gasteiger partial charge on any atom is -0.445 e. The van der Waals surface area contributed by atoms with E-state index in [1.807, 2.05) is 35.2 Å². The number of carbonyl (C=O) groups excluding carboxylic acids is 1. The van der Waals surface area contributed by atoms with Crippen LogP contribution in [-0.4, -0.2) is 34.3 Å². The third-order valence-electron chi connectivity index (χ3n) is 4.58. The molecule has 0 radical (unpaired) electrons. The Morgan fingerprint density at radius 2 is 2.10 bits per heavy atom. The number of piperidine rings is 1. The van der Waals surface area contributed by atoms with Crippen molar-refractivity contribution < 1.29 is 14.6 Å². The van der Waals surface area contributed by atoms with E-state index in [1.165, 1.54) is 0 Å². The van der Waals surface area contributed by atoms with E-state index in [-0.39, 0.29) is 17.7 Å². The summed E-state index contributed by atoms with van der Waals surface area (Å²) in [4.78, 5) is 14.2. The van der Waals surface area contributed by atoms with Gasteiger partial charge in [0.2, 0.25) is 0 Å². The summed E-state index contributed by atoms with van der Waals surface area (Å²) in [6.45, 7) is 0.920. The van der Waals surface area contributed by atoms with Crippen LogP contribution in [0.25, 0.3) is 0 Å². The van der Waals surface area contributed by atoms with Gasteiger partial charge in [0.05, 0.1) is 6.10 Å². The number of amides is 1. The highest BCUT2D eigenvalue weighted by Gasteiger charge is 2.49. The average Bonchev–Trinajstić information content (AvgIpc) is 2.44. The molecule has 0 bridgehead atoms. The molecular weight excluding hydrogens is 254 g/mol. The second-order valence-corrected chi connectivity index (χ2v) is 5.92. The summed E-state index contributed by atoms with van der Waals surface area (Å²) < 4.78 is 5.44. The van der Waals surface area contributed by atoms with Gasteiger partial charge in [-0.05, 0) is 37.7 Å². The van der Waals surface area contributed by atoms with Gasteiger partial charge in [0.25, 0.3) is 0 Å². The molecule has 1 heterocycles. The Morgan fingerprint density at radius 1 is 1.35 bits per heavy atom. The molecule has 1 aromatic rings. The van der Waals surface area contributed by atoms with E-state index in [4.69, 9.17) is 4.74 Å². The molecule has 1 saturated carbocycles. The highest BCUT2D eigenvalue weighted by Crippen LogP contribution is 2.44. The molecule has 1 amide bonds. The number of hydrogen-bond acceptors (Lipinski definition) is 3. The van der Waals surface area contributed by atoms with Gasteiger partial charge in [0.1, 0.15) is 6.61 Å². The van der Waals surface area contributed by atoms with Crippen LogP contribution in [0.3, 0.4) is 0 Å². The summed E-state index contributed by atoms with van der Waals surface area (Å²) >= 11 is 0. The van der Waals surface area contributed by atoms with E-state index in [1.54, 1.807) is 0 Å². The van der Waals surface area contributed by atoms with Crippen LogP contribution >= 0.6 is 0 Å². The van der Waals surface area contributed by atoms with Gasteiger partial charge >= 0.3 is 6.09 Å². The van der Waals surface area contributed by atoms with Crippen molar-refractivity contribution in [1.29, 1.82) is 0 Å². The Kier molecular flexibility index (Phi) is 3.66. The van der Waals surface area contributed by atoms with E-state index in [2.05, 4.69) is 0 Å². The number of likely N-dealkylation sites (tertiary alicyclic amines) is 1. The molecule has 1 aromatic carbocycles. The lowest BCUT2D eigenvalue weighted by molar-refractivity contribution is -0.0589. The van der Waals surface area contributed by atoms with Gasteiger partial charge in [-0.1, -0.05) is 30.3 Å². The first-order valence-electron chi connectivity index (χ1n) is 7.36. The summed E-state index contributed by atoms with van der Waals surface area (Å²) in [5, 5.41) is 9.84. The molecule has 20 heavy (non-hydrogen) atoms. The van der Waals surface area contributed by atoms with Crippen LogP contribution in [0.4, 0.5) is 4.79 Å². The maximum Gasteiger partial charge on any atom is 0.410 e. The number of carbonyl (C=O) groups is 1. The maximum atomic E-state index is 12.3. The Hall–Kier alpha value is -1.55. The van der Waals surface area contributed by atoms with Crippen LogP contribution in [0.15, 0.2) is 30.3 Å². The van der Waals surface area contributed by atoms with Crippen molar-refractivity contribution >= 4 is 6.09 Å². The minimum absolute atomic E-state index is 0.133. The smallest absolute Gasteiger partial charge is 0.410 e. The molecule has 1 unspecified atom stereocenters. The third kappa shape index (κ3) is 2.52. The summed E-state index contributed by atoms with van der Waals surface area (Å²) in [7, 11) is 0. The van der Waals surface area contributed by atoms with E-state index >= 15 is 0 Å². The molecule has 4 nitrogen and oxygen atoms in total. The van der Waals surface area contributed by atoms with Crippen LogP contribution in [0.2, 0.25) is 0 Å². The van der Waals surface area contributed by atoms with Crippen molar-refractivity contribution in [2.45, 2.75) is 50.4 Å². The van der Waals surface area contributed by atoms with Crippen molar-refractivity contribution in [3.63, 3.8) is 0 Å². The minimum atomic E-state index is -0.270. The number of aliphatic hydroxyl groups excluding tert-OH is 1. The summed E-state index contributed by atoms with van der Waals surface area (Å²) in [5.74, 6) is 0. The molecule has 4 heteroatoms. The largest absolute Gasteiger partial charge is 0.445 e. The highest BCUT2D eigenvalue weighted by atomic mass is 16.6. The Morgan fingerprint density at radius 3 is 2.75 bits per heavy atom. The predicted octanol–water partition coefficient (Wildman–Crippen LogP) is 2.70.